The topological polar surface area (TPSA) is 73.7 Å². The molecule has 18 heavy (non-hydrogen) atoms. The fourth-order valence-electron chi connectivity index (χ4n) is 1.61. The van der Waals surface area contributed by atoms with Crippen LogP contribution in [0, 0.1) is 6.92 Å². The Morgan fingerprint density at radius 2 is 1.72 bits per heavy atom. The van der Waals surface area contributed by atoms with E-state index in [0.29, 0.717) is 5.75 Å². The second-order valence-corrected chi connectivity index (χ2v) is 4.00. The van der Waals surface area contributed by atoms with Gasteiger partial charge in [-0.05, 0) is 19.1 Å². The highest BCUT2D eigenvalue weighted by Crippen LogP contribution is 2.16. The molecule has 106 valence electrons. The molecular weight excluding hydrogens is 275 g/mol. The second-order valence-electron chi connectivity index (χ2n) is 4.00. The van der Waals surface area contributed by atoms with E-state index in [9.17, 15) is 5.11 Å². The largest absolute Gasteiger partial charge is 1.00 e. The van der Waals surface area contributed by atoms with Gasteiger partial charge in [-0.2, -0.15) is 0 Å². The van der Waals surface area contributed by atoms with Crippen LogP contribution in [0.2, 0.25) is 0 Å². The molecule has 0 aliphatic carbocycles. The van der Waals surface area contributed by atoms with E-state index in [1.165, 1.54) is 5.56 Å². The molecule has 0 aliphatic rings. The number of aryl methyl sites for hydroxylation is 1. The van der Waals surface area contributed by atoms with Gasteiger partial charge >= 0.3 is 0 Å². The smallest absolute Gasteiger partial charge is 0.125 e. The maximum Gasteiger partial charge on any atom is 0.125 e. The zero-order valence-electron chi connectivity index (χ0n) is 10.6. The summed E-state index contributed by atoms with van der Waals surface area (Å²) in [5, 5.41) is 22.5. The predicted molar refractivity (Wildman–Crippen MR) is 62.1 cm³/mol. The van der Waals surface area contributed by atoms with Crippen LogP contribution >= 0.6 is 0 Å². The lowest BCUT2D eigenvalue weighted by atomic mass is 10.1. The van der Waals surface area contributed by atoms with Crippen LogP contribution in [0.4, 0.5) is 0 Å². The SMILES string of the molecule is Cc1ccc(O)c(C[NH2+]CC[NH2+]CCO)c1.[Cl-].[Cl-]. The van der Waals surface area contributed by atoms with Crippen molar-refractivity contribution < 1.29 is 45.7 Å². The van der Waals surface area contributed by atoms with Crippen molar-refractivity contribution in [1.82, 2.24) is 0 Å². The number of benzene rings is 1. The molecule has 0 spiro atoms. The monoisotopic (exact) mass is 296 g/mol. The number of aromatic hydroxyl groups is 1. The molecule has 6 heteroatoms. The van der Waals surface area contributed by atoms with Crippen molar-refractivity contribution in [3.8, 4) is 5.75 Å². The number of quaternary nitrogens is 2. The van der Waals surface area contributed by atoms with Crippen molar-refractivity contribution in [1.29, 1.82) is 0 Å². The van der Waals surface area contributed by atoms with Crippen molar-refractivity contribution in [2.24, 2.45) is 0 Å². The summed E-state index contributed by atoms with van der Waals surface area (Å²) in [7, 11) is 0. The molecule has 0 saturated carbocycles. The van der Waals surface area contributed by atoms with Gasteiger partial charge in [0.2, 0.25) is 0 Å². The van der Waals surface area contributed by atoms with E-state index < -0.39 is 0 Å². The number of nitrogens with two attached hydrogens (primary N) is 2. The van der Waals surface area contributed by atoms with Gasteiger partial charge < -0.3 is 45.7 Å². The third-order valence-corrected chi connectivity index (χ3v) is 2.51. The lowest BCUT2D eigenvalue weighted by molar-refractivity contribution is -0.731. The van der Waals surface area contributed by atoms with Gasteiger partial charge in [-0.1, -0.05) is 11.6 Å². The molecule has 6 N–H and O–H groups in total. The van der Waals surface area contributed by atoms with Gasteiger partial charge in [0, 0.05) is 5.56 Å². The molecule has 1 rings (SSSR count). The highest BCUT2D eigenvalue weighted by atomic mass is 35.5. The fraction of sp³-hybridized carbons (Fsp3) is 0.500. The van der Waals surface area contributed by atoms with Crippen molar-refractivity contribution in [2.75, 3.05) is 26.2 Å². The third kappa shape index (κ3) is 7.74. The van der Waals surface area contributed by atoms with Crippen molar-refractivity contribution in [2.45, 2.75) is 13.5 Å². The first kappa shape index (κ1) is 19.8. The first-order valence-electron chi connectivity index (χ1n) is 5.76. The number of hydrogen-bond donors (Lipinski definition) is 4. The Hall–Kier alpha value is -0.520. The van der Waals surface area contributed by atoms with Gasteiger partial charge in [0.05, 0.1) is 13.2 Å². The molecule has 0 heterocycles. The van der Waals surface area contributed by atoms with E-state index >= 15 is 0 Å². The molecule has 0 fully saturated rings. The molecule has 0 aromatic heterocycles. The Morgan fingerprint density at radius 3 is 2.39 bits per heavy atom. The summed E-state index contributed by atoms with van der Waals surface area (Å²) in [4.78, 5) is 0. The van der Waals surface area contributed by atoms with Crippen LogP contribution in [0.15, 0.2) is 18.2 Å². The molecule has 0 radical (unpaired) electrons. The second kappa shape index (κ2) is 11.6. The van der Waals surface area contributed by atoms with Crippen LogP contribution in [-0.2, 0) is 6.54 Å². The minimum atomic E-state index is 0. The number of rotatable bonds is 7. The first-order valence-corrected chi connectivity index (χ1v) is 5.76. The highest BCUT2D eigenvalue weighted by molar-refractivity contribution is 5.34. The third-order valence-electron chi connectivity index (χ3n) is 2.51. The van der Waals surface area contributed by atoms with Gasteiger partial charge in [-0.25, -0.2) is 0 Å². The van der Waals surface area contributed by atoms with Gasteiger partial charge in [-0.3, -0.25) is 0 Å². The molecule has 1 aromatic rings. The fourth-order valence-corrected chi connectivity index (χ4v) is 1.61. The van der Waals surface area contributed by atoms with Crippen LogP contribution in [-0.4, -0.2) is 36.5 Å². The summed E-state index contributed by atoms with van der Waals surface area (Å²) in [5.74, 6) is 0.376. The Morgan fingerprint density at radius 1 is 1.06 bits per heavy atom. The predicted octanol–water partition coefficient (Wildman–Crippen LogP) is -7.67. The van der Waals surface area contributed by atoms with E-state index in [1.807, 2.05) is 19.1 Å². The number of aliphatic hydroxyl groups is 1. The summed E-state index contributed by atoms with van der Waals surface area (Å²) in [6.07, 6.45) is 0. The number of phenols is 1. The number of hydrogen-bond acceptors (Lipinski definition) is 2. The zero-order valence-corrected chi connectivity index (χ0v) is 12.1. The van der Waals surface area contributed by atoms with E-state index in [1.54, 1.807) is 6.07 Å². The van der Waals surface area contributed by atoms with E-state index in [2.05, 4.69) is 10.6 Å². The molecule has 0 bridgehead atoms. The Bertz CT molecular complexity index is 325. The average molecular weight is 297 g/mol. The van der Waals surface area contributed by atoms with E-state index in [4.69, 9.17) is 5.11 Å². The minimum absolute atomic E-state index is 0. The number of halogens is 2. The average Bonchev–Trinajstić information content (AvgIpc) is 2.28. The van der Waals surface area contributed by atoms with Crippen LogP contribution in [0.3, 0.4) is 0 Å². The molecule has 1 aromatic carbocycles. The molecule has 0 saturated heterocycles. The van der Waals surface area contributed by atoms with Gasteiger partial charge in [0.25, 0.3) is 0 Å². The summed E-state index contributed by atoms with van der Waals surface area (Å²) in [6.45, 7) is 5.82. The van der Waals surface area contributed by atoms with Crippen LogP contribution in [0.1, 0.15) is 11.1 Å². The Kier molecular flexibility index (Phi) is 12.7. The lowest BCUT2D eigenvalue weighted by Crippen LogP contribution is -3.00. The normalized spacial score (nSPS) is 9.44. The lowest BCUT2D eigenvalue weighted by Gasteiger charge is -2.05. The highest BCUT2D eigenvalue weighted by Gasteiger charge is 2.03. The van der Waals surface area contributed by atoms with Crippen molar-refractivity contribution in [3.63, 3.8) is 0 Å². The van der Waals surface area contributed by atoms with Crippen LogP contribution in [0.25, 0.3) is 0 Å². The van der Waals surface area contributed by atoms with Gasteiger partial charge in [-0.15, -0.1) is 0 Å². The Labute approximate surface area is 121 Å². The maximum absolute atomic E-state index is 9.61. The number of phenolic OH excluding ortho intramolecular Hbond substituents is 1. The number of aliphatic hydroxyl groups excluding tert-OH is 1. The Balaban J connectivity index is 0. The van der Waals surface area contributed by atoms with Crippen molar-refractivity contribution >= 4 is 0 Å². The molecule has 0 atom stereocenters. The standard InChI is InChI=1S/C12H20N2O2.2ClH/c1-10-2-3-12(16)11(8-10)9-14-5-4-13-6-7-15;;/h2-3,8,13-16H,4-7,9H2,1H3;2*1H. The minimum Gasteiger partial charge on any atom is -1.00 e. The van der Waals surface area contributed by atoms with E-state index in [-0.39, 0.29) is 31.4 Å². The quantitative estimate of drug-likeness (QED) is 0.378. The van der Waals surface area contributed by atoms with E-state index in [0.717, 1.165) is 31.7 Å². The summed E-state index contributed by atoms with van der Waals surface area (Å²) in [5.41, 5.74) is 2.16. The molecule has 0 unspecified atom stereocenters. The maximum atomic E-state index is 9.61. The summed E-state index contributed by atoms with van der Waals surface area (Å²) >= 11 is 0. The summed E-state index contributed by atoms with van der Waals surface area (Å²) in [6, 6.07) is 5.67. The molecule has 4 nitrogen and oxygen atoms in total. The van der Waals surface area contributed by atoms with Gasteiger partial charge in [0.15, 0.2) is 0 Å². The van der Waals surface area contributed by atoms with Crippen molar-refractivity contribution in [3.05, 3.63) is 29.3 Å². The molecule has 0 amide bonds. The van der Waals surface area contributed by atoms with Crippen LogP contribution < -0.4 is 35.4 Å². The molecular formula is C12H22Cl2N2O2. The molecule has 0 aliphatic heterocycles. The van der Waals surface area contributed by atoms with Gasteiger partial charge in [0.1, 0.15) is 25.4 Å². The van der Waals surface area contributed by atoms with Crippen LogP contribution in [0.5, 0.6) is 5.75 Å². The first-order chi connectivity index (χ1) is 7.74. The summed E-state index contributed by atoms with van der Waals surface area (Å²) < 4.78 is 0. The zero-order chi connectivity index (χ0) is 11.8.